The first-order valence-corrected chi connectivity index (χ1v) is 8.49. The Morgan fingerprint density at radius 1 is 1.08 bits per heavy atom. The molecular formula is C20H27N3O2. The molecule has 0 aliphatic carbocycles. The van der Waals surface area contributed by atoms with Crippen molar-refractivity contribution in [2.24, 2.45) is 0 Å². The molecule has 0 unspecified atom stereocenters. The van der Waals surface area contributed by atoms with Crippen LogP contribution in [0.25, 0.3) is 0 Å². The highest BCUT2D eigenvalue weighted by molar-refractivity contribution is 5.91. The average molecular weight is 341 g/mol. The molecule has 0 spiro atoms. The van der Waals surface area contributed by atoms with Gasteiger partial charge in [-0.25, -0.2) is 0 Å². The molecule has 0 heterocycles. The van der Waals surface area contributed by atoms with Crippen molar-refractivity contribution in [3.8, 4) is 5.75 Å². The minimum atomic E-state index is 0.0199. The molecule has 5 nitrogen and oxygen atoms in total. The number of nitrogens with zero attached hydrogens (tertiary/aromatic N) is 1. The summed E-state index contributed by atoms with van der Waals surface area (Å²) in [4.78, 5) is 14.0. The number of benzene rings is 2. The molecule has 0 aromatic heterocycles. The molecule has 0 aliphatic heterocycles. The van der Waals surface area contributed by atoms with Gasteiger partial charge in [0.2, 0.25) is 5.91 Å². The Balaban J connectivity index is 1.65. The van der Waals surface area contributed by atoms with Crippen LogP contribution in [0.1, 0.15) is 12.0 Å². The third-order valence-corrected chi connectivity index (χ3v) is 3.92. The fourth-order valence-corrected chi connectivity index (χ4v) is 2.45. The minimum absolute atomic E-state index is 0.0199. The summed E-state index contributed by atoms with van der Waals surface area (Å²) in [5.74, 6) is 0.892. The van der Waals surface area contributed by atoms with Crippen molar-refractivity contribution in [1.29, 1.82) is 0 Å². The van der Waals surface area contributed by atoms with Gasteiger partial charge in [0, 0.05) is 38.4 Å². The quantitative estimate of drug-likeness (QED) is 0.689. The highest BCUT2D eigenvalue weighted by Crippen LogP contribution is 2.15. The molecule has 1 amide bonds. The standard InChI is InChI=1S/C20H27N3O2/c1-23(2)18-9-7-17(8-10-18)22-20(24)12-14-21-13-11-16-5-4-6-19(15-16)25-3/h4-10,15,21H,11-14H2,1-3H3,(H,22,24). The number of methoxy groups -OCH3 is 1. The summed E-state index contributed by atoms with van der Waals surface area (Å²) in [5, 5.41) is 6.22. The molecule has 0 fully saturated rings. The van der Waals surface area contributed by atoms with E-state index in [9.17, 15) is 4.79 Å². The number of carbonyl (C=O) groups excluding carboxylic acids is 1. The van der Waals surface area contributed by atoms with Crippen LogP contribution in [0.2, 0.25) is 0 Å². The van der Waals surface area contributed by atoms with Crippen LogP contribution in [0.5, 0.6) is 5.75 Å². The molecule has 2 N–H and O–H groups in total. The molecule has 0 saturated carbocycles. The summed E-state index contributed by atoms with van der Waals surface area (Å²) in [5.41, 5.74) is 3.15. The van der Waals surface area contributed by atoms with Crippen LogP contribution in [0.3, 0.4) is 0 Å². The normalized spacial score (nSPS) is 10.4. The van der Waals surface area contributed by atoms with E-state index in [1.807, 2.05) is 61.5 Å². The van der Waals surface area contributed by atoms with Crippen LogP contribution in [-0.2, 0) is 11.2 Å². The predicted molar refractivity (Wildman–Crippen MR) is 104 cm³/mol. The summed E-state index contributed by atoms with van der Waals surface area (Å²) >= 11 is 0. The molecule has 0 saturated heterocycles. The van der Waals surface area contributed by atoms with Gasteiger partial charge < -0.3 is 20.3 Å². The molecule has 2 aromatic rings. The lowest BCUT2D eigenvalue weighted by Crippen LogP contribution is -2.23. The lowest BCUT2D eigenvalue weighted by Gasteiger charge is -2.13. The third kappa shape index (κ3) is 6.47. The monoisotopic (exact) mass is 341 g/mol. The van der Waals surface area contributed by atoms with E-state index in [1.54, 1.807) is 7.11 Å². The van der Waals surface area contributed by atoms with Crippen molar-refractivity contribution in [2.45, 2.75) is 12.8 Å². The minimum Gasteiger partial charge on any atom is -0.497 e. The van der Waals surface area contributed by atoms with Crippen LogP contribution in [0.15, 0.2) is 48.5 Å². The van der Waals surface area contributed by atoms with Gasteiger partial charge in [-0.1, -0.05) is 12.1 Å². The maximum absolute atomic E-state index is 12.0. The van der Waals surface area contributed by atoms with Crippen LogP contribution in [-0.4, -0.2) is 40.2 Å². The molecule has 2 aromatic carbocycles. The Kier molecular flexibility index (Phi) is 7.29. The Labute approximate surface area is 150 Å². The summed E-state index contributed by atoms with van der Waals surface area (Å²) in [7, 11) is 5.65. The van der Waals surface area contributed by atoms with E-state index in [2.05, 4.69) is 16.7 Å². The highest BCUT2D eigenvalue weighted by Gasteiger charge is 2.03. The van der Waals surface area contributed by atoms with Crippen molar-refractivity contribution in [3.05, 3.63) is 54.1 Å². The van der Waals surface area contributed by atoms with Gasteiger partial charge in [0.25, 0.3) is 0 Å². The van der Waals surface area contributed by atoms with Crippen LogP contribution in [0.4, 0.5) is 11.4 Å². The topological polar surface area (TPSA) is 53.6 Å². The lowest BCUT2D eigenvalue weighted by molar-refractivity contribution is -0.116. The number of hydrogen-bond acceptors (Lipinski definition) is 4. The zero-order valence-corrected chi connectivity index (χ0v) is 15.2. The number of nitrogens with one attached hydrogen (secondary N) is 2. The first-order chi connectivity index (χ1) is 12.1. The molecule has 25 heavy (non-hydrogen) atoms. The van der Waals surface area contributed by atoms with E-state index < -0.39 is 0 Å². The van der Waals surface area contributed by atoms with E-state index in [0.29, 0.717) is 13.0 Å². The van der Waals surface area contributed by atoms with Gasteiger partial charge in [0.05, 0.1) is 7.11 Å². The largest absolute Gasteiger partial charge is 0.497 e. The Morgan fingerprint density at radius 3 is 2.52 bits per heavy atom. The van der Waals surface area contributed by atoms with Crippen molar-refractivity contribution in [3.63, 3.8) is 0 Å². The second-order valence-electron chi connectivity index (χ2n) is 6.09. The van der Waals surface area contributed by atoms with E-state index in [4.69, 9.17) is 4.74 Å². The second kappa shape index (κ2) is 9.69. The highest BCUT2D eigenvalue weighted by atomic mass is 16.5. The third-order valence-electron chi connectivity index (χ3n) is 3.92. The number of carbonyl (C=O) groups is 1. The van der Waals surface area contributed by atoms with Crippen molar-refractivity contribution >= 4 is 17.3 Å². The molecule has 0 bridgehead atoms. The Hall–Kier alpha value is -2.53. The summed E-state index contributed by atoms with van der Waals surface area (Å²) in [6.07, 6.45) is 1.36. The fraction of sp³-hybridized carbons (Fsp3) is 0.350. The van der Waals surface area contributed by atoms with Crippen LogP contribution >= 0.6 is 0 Å². The molecule has 0 atom stereocenters. The van der Waals surface area contributed by atoms with E-state index >= 15 is 0 Å². The van der Waals surface area contributed by atoms with Gasteiger partial charge in [-0.05, 0) is 54.9 Å². The van der Waals surface area contributed by atoms with E-state index in [0.717, 1.165) is 30.1 Å². The van der Waals surface area contributed by atoms with E-state index in [-0.39, 0.29) is 5.91 Å². The first kappa shape index (κ1) is 18.8. The number of ether oxygens (including phenoxy) is 1. The maximum Gasteiger partial charge on any atom is 0.225 e. The molecule has 0 aliphatic rings. The van der Waals surface area contributed by atoms with Gasteiger partial charge in [-0.15, -0.1) is 0 Å². The molecule has 5 heteroatoms. The maximum atomic E-state index is 12.0. The average Bonchev–Trinajstić information content (AvgIpc) is 2.62. The zero-order valence-electron chi connectivity index (χ0n) is 15.2. The summed E-state index contributed by atoms with van der Waals surface area (Å²) in [6.45, 7) is 1.49. The predicted octanol–water partition coefficient (Wildman–Crippen LogP) is 2.92. The number of amides is 1. The van der Waals surface area contributed by atoms with Crippen LogP contribution < -0.4 is 20.3 Å². The zero-order chi connectivity index (χ0) is 18.1. The molecule has 2 rings (SSSR count). The molecule has 0 radical (unpaired) electrons. The molecular weight excluding hydrogens is 314 g/mol. The van der Waals surface area contributed by atoms with Gasteiger partial charge in [0.15, 0.2) is 0 Å². The Bertz CT molecular complexity index is 669. The summed E-state index contributed by atoms with van der Waals surface area (Å²) in [6, 6.07) is 15.9. The lowest BCUT2D eigenvalue weighted by atomic mass is 10.1. The van der Waals surface area contributed by atoms with Crippen molar-refractivity contribution < 1.29 is 9.53 Å². The van der Waals surface area contributed by atoms with E-state index in [1.165, 1.54) is 5.56 Å². The van der Waals surface area contributed by atoms with Crippen molar-refractivity contribution in [1.82, 2.24) is 5.32 Å². The fourth-order valence-electron chi connectivity index (χ4n) is 2.45. The van der Waals surface area contributed by atoms with Gasteiger partial charge in [-0.3, -0.25) is 4.79 Å². The van der Waals surface area contributed by atoms with Crippen LogP contribution in [0, 0.1) is 0 Å². The SMILES string of the molecule is COc1cccc(CCNCCC(=O)Nc2ccc(N(C)C)cc2)c1. The second-order valence-corrected chi connectivity index (χ2v) is 6.09. The number of rotatable bonds is 9. The van der Waals surface area contributed by atoms with Gasteiger partial charge >= 0.3 is 0 Å². The first-order valence-electron chi connectivity index (χ1n) is 8.49. The smallest absolute Gasteiger partial charge is 0.225 e. The van der Waals surface area contributed by atoms with Crippen molar-refractivity contribution in [2.75, 3.05) is 44.5 Å². The summed E-state index contributed by atoms with van der Waals surface area (Å²) < 4.78 is 5.21. The number of hydrogen-bond donors (Lipinski definition) is 2. The number of anilines is 2. The van der Waals surface area contributed by atoms with Gasteiger partial charge in [-0.2, -0.15) is 0 Å². The molecule has 134 valence electrons. The Morgan fingerprint density at radius 2 is 1.84 bits per heavy atom. The van der Waals surface area contributed by atoms with Gasteiger partial charge in [0.1, 0.15) is 5.75 Å².